The number of amides is 3. The number of carbonyl (C=O) groups excluding carboxylic acids is 3. The van der Waals surface area contributed by atoms with Gasteiger partial charge in [0.25, 0.3) is 5.91 Å². The Labute approximate surface area is 249 Å². The van der Waals surface area contributed by atoms with E-state index < -0.39 is 29.7 Å². The summed E-state index contributed by atoms with van der Waals surface area (Å²) in [6.07, 6.45) is 2.12. The third-order valence-electron chi connectivity index (χ3n) is 6.74. The van der Waals surface area contributed by atoms with E-state index in [-0.39, 0.29) is 17.6 Å². The number of carbonyl (C=O) groups is 3. The lowest BCUT2D eigenvalue weighted by atomic mass is 9.98. The van der Waals surface area contributed by atoms with Crippen LogP contribution in [0.1, 0.15) is 78.8 Å². The van der Waals surface area contributed by atoms with Crippen LogP contribution in [0.5, 0.6) is 5.75 Å². The van der Waals surface area contributed by atoms with Crippen LogP contribution in [0.3, 0.4) is 0 Å². The summed E-state index contributed by atoms with van der Waals surface area (Å²) in [5, 5.41) is 18.1. The van der Waals surface area contributed by atoms with Gasteiger partial charge in [0.05, 0.1) is 0 Å². The minimum Gasteiger partial charge on any atom is -0.508 e. The SMILES string of the molecule is CCCCCN(C(=O)C(CC(C)C)NC(=O)OC(C)(C)C)C(C(=O)Nc1ccc2ccccc2c1)c1cccc(O)c1. The van der Waals surface area contributed by atoms with Gasteiger partial charge in [-0.1, -0.05) is 76.1 Å². The third-order valence-corrected chi connectivity index (χ3v) is 6.74. The molecule has 0 spiro atoms. The molecule has 0 aliphatic heterocycles. The Hall–Kier alpha value is -4.07. The Kier molecular flexibility index (Phi) is 11.4. The average molecular weight is 576 g/mol. The van der Waals surface area contributed by atoms with Gasteiger partial charge in [-0.25, -0.2) is 4.79 Å². The van der Waals surface area contributed by atoms with E-state index in [4.69, 9.17) is 4.74 Å². The Morgan fingerprint density at radius 2 is 1.64 bits per heavy atom. The highest BCUT2D eigenvalue weighted by Gasteiger charge is 2.36. The summed E-state index contributed by atoms with van der Waals surface area (Å²) < 4.78 is 5.47. The molecule has 0 saturated heterocycles. The first-order chi connectivity index (χ1) is 19.9. The number of anilines is 1. The Balaban J connectivity index is 2.03. The molecule has 0 bridgehead atoms. The molecule has 0 radical (unpaired) electrons. The Morgan fingerprint density at radius 3 is 2.29 bits per heavy atom. The quantitative estimate of drug-likeness (QED) is 0.198. The second-order valence-electron chi connectivity index (χ2n) is 12.1. The summed E-state index contributed by atoms with van der Waals surface area (Å²) in [7, 11) is 0. The molecule has 2 unspecified atom stereocenters. The van der Waals surface area contributed by atoms with E-state index in [1.807, 2.05) is 56.3 Å². The van der Waals surface area contributed by atoms with Crippen molar-refractivity contribution < 1.29 is 24.2 Å². The van der Waals surface area contributed by atoms with Gasteiger partial charge in [0.15, 0.2) is 0 Å². The highest BCUT2D eigenvalue weighted by molar-refractivity contribution is 6.00. The molecule has 42 heavy (non-hydrogen) atoms. The summed E-state index contributed by atoms with van der Waals surface area (Å²) >= 11 is 0. The summed E-state index contributed by atoms with van der Waals surface area (Å²) in [5.41, 5.74) is 0.328. The summed E-state index contributed by atoms with van der Waals surface area (Å²) in [4.78, 5) is 42.7. The molecule has 3 rings (SSSR count). The van der Waals surface area contributed by atoms with E-state index in [0.717, 1.165) is 23.6 Å². The van der Waals surface area contributed by atoms with Gasteiger partial charge in [-0.3, -0.25) is 9.59 Å². The number of phenols is 1. The smallest absolute Gasteiger partial charge is 0.408 e. The minimum absolute atomic E-state index is 0.0115. The predicted octanol–water partition coefficient (Wildman–Crippen LogP) is 7.18. The van der Waals surface area contributed by atoms with Crippen LogP contribution in [0.4, 0.5) is 10.5 Å². The molecular formula is C34H45N3O5. The molecule has 2 atom stereocenters. The molecule has 0 heterocycles. The second kappa shape index (κ2) is 14.7. The van der Waals surface area contributed by atoms with E-state index in [1.54, 1.807) is 32.9 Å². The molecule has 3 aromatic carbocycles. The van der Waals surface area contributed by atoms with Crippen molar-refractivity contribution >= 4 is 34.4 Å². The number of benzene rings is 3. The molecule has 0 aliphatic rings. The van der Waals surface area contributed by atoms with Crippen molar-refractivity contribution in [3.05, 3.63) is 72.3 Å². The number of hydrogen-bond donors (Lipinski definition) is 3. The van der Waals surface area contributed by atoms with E-state index in [2.05, 4.69) is 17.6 Å². The zero-order valence-electron chi connectivity index (χ0n) is 25.6. The maximum atomic E-state index is 14.3. The largest absolute Gasteiger partial charge is 0.508 e. The number of nitrogens with one attached hydrogen (secondary N) is 2. The number of alkyl carbamates (subject to hydrolysis) is 1. The van der Waals surface area contributed by atoms with Crippen LogP contribution in [-0.2, 0) is 14.3 Å². The summed E-state index contributed by atoms with van der Waals surface area (Å²) in [6, 6.07) is 18.0. The molecule has 3 N–H and O–H groups in total. The number of fused-ring (bicyclic) bond motifs is 1. The van der Waals surface area contributed by atoms with E-state index >= 15 is 0 Å². The molecule has 0 aromatic heterocycles. The average Bonchev–Trinajstić information content (AvgIpc) is 2.90. The number of aromatic hydroxyl groups is 1. The van der Waals surface area contributed by atoms with Crippen LogP contribution in [0, 0.1) is 5.92 Å². The van der Waals surface area contributed by atoms with Gasteiger partial charge in [-0.2, -0.15) is 0 Å². The van der Waals surface area contributed by atoms with E-state index in [0.29, 0.717) is 30.6 Å². The molecule has 8 heteroatoms. The van der Waals surface area contributed by atoms with Crippen LogP contribution in [-0.4, -0.2) is 46.1 Å². The fourth-order valence-electron chi connectivity index (χ4n) is 4.89. The van der Waals surface area contributed by atoms with Gasteiger partial charge in [0, 0.05) is 12.2 Å². The molecule has 0 saturated carbocycles. The predicted molar refractivity (Wildman–Crippen MR) is 167 cm³/mol. The first kappa shape index (κ1) is 32.4. The minimum atomic E-state index is -1.05. The Bertz CT molecular complexity index is 1360. The molecule has 8 nitrogen and oxygen atoms in total. The molecule has 3 aromatic rings. The van der Waals surface area contributed by atoms with Crippen molar-refractivity contribution in [1.82, 2.24) is 10.2 Å². The topological polar surface area (TPSA) is 108 Å². The van der Waals surface area contributed by atoms with Crippen LogP contribution >= 0.6 is 0 Å². The maximum absolute atomic E-state index is 14.3. The summed E-state index contributed by atoms with van der Waals surface area (Å²) in [5.74, 6) is -0.728. The first-order valence-electron chi connectivity index (χ1n) is 14.8. The zero-order chi connectivity index (χ0) is 30.9. The van der Waals surface area contributed by atoms with Crippen LogP contribution in [0.15, 0.2) is 66.7 Å². The Morgan fingerprint density at radius 1 is 0.929 bits per heavy atom. The van der Waals surface area contributed by atoms with Gasteiger partial charge in [-0.05, 0) is 80.1 Å². The molecule has 3 amide bonds. The molecular weight excluding hydrogens is 530 g/mol. The number of unbranched alkanes of at least 4 members (excludes halogenated alkanes) is 2. The number of rotatable bonds is 12. The number of hydrogen-bond acceptors (Lipinski definition) is 5. The molecule has 0 fully saturated rings. The van der Waals surface area contributed by atoms with Crippen molar-refractivity contribution in [3.63, 3.8) is 0 Å². The highest BCUT2D eigenvalue weighted by atomic mass is 16.6. The number of phenolic OH excluding ortho intramolecular Hbond substituents is 1. The number of ether oxygens (including phenoxy) is 1. The van der Waals surface area contributed by atoms with Crippen LogP contribution in [0.2, 0.25) is 0 Å². The summed E-state index contributed by atoms with van der Waals surface area (Å²) in [6.45, 7) is 11.6. The standard InChI is InChI=1S/C34H45N3O5/c1-7-8-11-19-37(32(40)29(20-23(2)3)36-33(41)42-34(4,5)6)30(26-15-12-16-28(38)22-26)31(39)35-27-18-17-24-13-9-10-14-25(24)21-27/h9-10,12-18,21-23,29-30,38H,7-8,11,19-20H2,1-6H3,(H,35,39)(H,36,41). The highest BCUT2D eigenvalue weighted by Crippen LogP contribution is 2.29. The van der Waals surface area contributed by atoms with Gasteiger partial charge in [0.2, 0.25) is 5.91 Å². The van der Waals surface area contributed by atoms with Crippen molar-refractivity contribution in [2.24, 2.45) is 5.92 Å². The number of nitrogens with zero attached hydrogens (tertiary/aromatic N) is 1. The maximum Gasteiger partial charge on any atom is 0.408 e. The lowest BCUT2D eigenvalue weighted by Gasteiger charge is -2.35. The van der Waals surface area contributed by atoms with Crippen molar-refractivity contribution in [2.45, 2.75) is 84.9 Å². The van der Waals surface area contributed by atoms with E-state index in [1.165, 1.54) is 17.0 Å². The fourth-order valence-corrected chi connectivity index (χ4v) is 4.89. The zero-order valence-corrected chi connectivity index (χ0v) is 25.6. The van der Waals surface area contributed by atoms with Gasteiger partial charge in [-0.15, -0.1) is 0 Å². The lowest BCUT2D eigenvalue weighted by molar-refractivity contribution is -0.141. The van der Waals surface area contributed by atoms with Crippen LogP contribution < -0.4 is 10.6 Å². The first-order valence-corrected chi connectivity index (χ1v) is 14.8. The molecule has 226 valence electrons. The van der Waals surface area contributed by atoms with Gasteiger partial charge < -0.3 is 25.4 Å². The second-order valence-corrected chi connectivity index (χ2v) is 12.1. The third kappa shape index (κ3) is 9.50. The fraction of sp³-hybridized carbons (Fsp3) is 0.441. The van der Waals surface area contributed by atoms with Crippen molar-refractivity contribution in [2.75, 3.05) is 11.9 Å². The van der Waals surface area contributed by atoms with Crippen LogP contribution in [0.25, 0.3) is 10.8 Å². The van der Waals surface area contributed by atoms with Gasteiger partial charge >= 0.3 is 6.09 Å². The van der Waals surface area contributed by atoms with Crippen molar-refractivity contribution in [1.29, 1.82) is 0 Å². The van der Waals surface area contributed by atoms with Gasteiger partial charge in [0.1, 0.15) is 23.4 Å². The lowest BCUT2D eigenvalue weighted by Crippen LogP contribution is -2.53. The monoisotopic (exact) mass is 575 g/mol. The normalized spacial score (nSPS) is 12.9. The van der Waals surface area contributed by atoms with E-state index in [9.17, 15) is 19.5 Å². The van der Waals surface area contributed by atoms with Crippen molar-refractivity contribution in [3.8, 4) is 5.75 Å². The molecule has 0 aliphatic carbocycles.